The van der Waals surface area contributed by atoms with Crippen molar-refractivity contribution in [2.45, 2.75) is 17.4 Å². The lowest BCUT2D eigenvalue weighted by molar-refractivity contribution is -0.139. The molecule has 0 aromatic heterocycles. The third-order valence-electron chi connectivity index (χ3n) is 4.11. The van der Waals surface area contributed by atoms with E-state index in [1.165, 1.54) is 18.2 Å². The summed E-state index contributed by atoms with van der Waals surface area (Å²) in [7, 11) is -2.38. The van der Waals surface area contributed by atoms with E-state index in [0.717, 1.165) is 5.56 Å². The van der Waals surface area contributed by atoms with Crippen LogP contribution in [0.5, 0.6) is 11.5 Å². The highest BCUT2D eigenvalue weighted by Crippen LogP contribution is 2.40. The number of methoxy groups -OCH3 is 1. The minimum Gasteiger partial charge on any atom is -0.491 e. The van der Waals surface area contributed by atoms with E-state index in [1.807, 2.05) is 6.07 Å². The molecule has 2 aromatic carbocycles. The Morgan fingerprint density at radius 3 is 2.82 bits per heavy atom. The minimum absolute atomic E-state index is 0.0186. The molecule has 0 spiro atoms. The van der Waals surface area contributed by atoms with Crippen molar-refractivity contribution in [3.05, 3.63) is 47.0 Å². The number of sulfonamides is 1. The number of fused-ring (bicyclic) bond motifs is 1. The maximum Gasteiger partial charge on any atom is 0.341 e. The Hall–Kier alpha value is -2.49. The number of carbonyl (C=O) groups is 1. The maximum atomic E-state index is 12.8. The number of rotatable bonds is 7. The van der Waals surface area contributed by atoms with Crippen molar-refractivity contribution in [3.8, 4) is 11.5 Å². The molecule has 1 aliphatic heterocycles. The van der Waals surface area contributed by atoms with Crippen LogP contribution in [0.2, 0.25) is 5.02 Å². The lowest BCUT2D eigenvalue weighted by atomic mass is 10.0. The number of aliphatic carboxylic acids is 1. The third kappa shape index (κ3) is 4.32. The average molecular weight is 428 g/mol. The molecule has 0 amide bonds. The molecule has 0 fully saturated rings. The summed E-state index contributed by atoms with van der Waals surface area (Å²) in [5, 5.41) is 8.63. The van der Waals surface area contributed by atoms with Crippen LogP contribution in [0.25, 0.3) is 0 Å². The van der Waals surface area contributed by atoms with Crippen LogP contribution in [0.1, 0.15) is 18.1 Å². The topological polar surface area (TPSA) is 111 Å². The monoisotopic (exact) mass is 427 g/mol. The van der Waals surface area contributed by atoms with Crippen LogP contribution in [0.15, 0.2) is 41.3 Å². The van der Waals surface area contributed by atoms with E-state index >= 15 is 0 Å². The van der Waals surface area contributed by atoms with Crippen LogP contribution in [-0.4, -0.2) is 39.8 Å². The second kappa shape index (κ2) is 8.26. The summed E-state index contributed by atoms with van der Waals surface area (Å²) in [5.74, 6) is -0.666. The molecule has 1 heterocycles. The van der Waals surface area contributed by atoms with Gasteiger partial charge in [0.1, 0.15) is 11.5 Å². The average Bonchev–Trinajstić information content (AvgIpc) is 2.66. The molecule has 3 rings (SSSR count). The molecule has 0 saturated heterocycles. The Morgan fingerprint density at radius 2 is 2.14 bits per heavy atom. The number of halogens is 1. The lowest BCUT2D eigenvalue weighted by Crippen LogP contribution is -2.19. The molecule has 2 N–H and O–H groups in total. The largest absolute Gasteiger partial charge is 0.491 e. The molecule has 1 aliphatic rings. The first kappa shape index (κ1) is 20.2. The van der Waals surface area contributed by atoms with E-state index in [2.05, 4.69) is 4.72 Å². The van der Waals surface area contributed by atoms with Gasteiger partial charge in [-0.3, -0.25) is 4.72 Å². The van der Waals surface area contributed by atoms with E-state index in [1.54, 1.807) is 19.2 Å². The second-order valence-electron chi connectivity index (χ2n) is 5.97. The normalized spacial score (nSPS) is 16.0. The van der Waals surface area contributed by atoms with Crippen LogP contribution in [0, 0.1) is 0 Å². The molecular formula is C18H18ClNO7S. The Kier molecular flexibility index (Phi) is 5.97. The van der Waals surface area contributed by atoms with Crippen molar-refractivity contribution in [2.75, 3.05) is 25.0 Å². The summed E-state index contributed by atoms with van der Waals surface area (Å²) in [4.78, 5) is 10.5. The first-order valence-electron chi connectivity index (χ1n) is 8.27. The molecule has 28 heavy (non-hydrogen) atoms. The van der Waals surface area contributed by atoms with Gasteiger partial charge in [0.2, 0.25) is 0 Å². The van der Waals surface area contributed by atoms with Gasteiger partial charge in [0.05, 0.1) is 28.3 Å². The van der Waals surface area contributed by atoms with Gasteiger partial charge in [0.15, 0.2) is 6.61 Å². The van der Waals surface area contributed by atoms with Crippen molar-refractivity contribution >= 4 is 33.3 Å². The van der Waals surface area contributed by atoms with Crippen LogP contribution in [0.3, 0.4) is 0 Å². The highest BCUT2D eigenvalue weighted by molar-refractivity contribution is 7.92. The highest BCUT2D eigenvalue weighted by atomic mass is 35.5. The fraction of sp³-hybridized carbons (Fsp3) is 0.278. The standard InChI is InChI=1S/C18H18ClNO7S/c1-25-15-7-8-26-18-12(15)3-2-4-14(18)20-28(23,24)11-5-6-16(13(19)9-11)27-10-17(21)22/h2-6,9,15,20H,7-8,10H2,1H3,(H,21,22). The Labute approximate surface area is 167 Å². The molecule has 8 nitrogen and oxygen atoms in total. The molecule has 0 bridgehead atoms. The van der Waals surface area contributed by atoms with Gasteiger partial charge in [-0.1, -0.05) is 23.7 Å². The first-order chi connectivity index (χ1) is 13.3. The Balaban J connectivity index is 1.87. The van der Waals surface area contributed by atoms with Gasteiger partial charge in [-0.05, 0) is 24.3 Å². The molecule has 1 atom stereocenters. The number of hydrogen-bond donors (Lipinski definition) is 2. The van der Waals surface area contributed by atoms with E-state index in [0.29, 0.717) is 24.5 Å². The molecule has 2 aromatic rings. The number of para-hydroxylation sites is 1. The molecule has 10 heteroatoms. The van der Waals surface area contributed by atoms with Crippen molar-refractivity contribution in [1.29, 1.82) is 0 Å². The fourth-order valence-corrected chi connectivity index (χ4v) is 4.22. The SMILES string of the molecule is COC1CCOc2c(NS(=O)(=O)c3ccc(OCC(=O)O)c(Cl)c3)cccc21. The molecule has 0 saturated carbocycles. The Morgan fingerprint density at radius 1 is 1.36 bits per heavy atom. The van der Waals surface area contributed by atoms with Gasteiger partial charge in [0, 0.05) is 19.1 Å². The number of hydrogen-bond acceptors (Lipinski definition) is 6. The highest BCUT2D eigenvalue weighted by Gasteiger charge is 2.26. The van der Waals surface area contributed by atoms with Crippen molar-refractivity contribution in [2.24, 2.45) is 0 Å². The van der Waals surface area contributed by atoms with E-state index < -0.39 is 22.6 Å². The van der Waals surface area contributed by atoms with Gasteiger partial charge in [-0.15, -0.1) is 0 Å². The van der Waals surface area contributed by atoms with Crippen molar-refractivity contribution in [3.63, 3.8) is 0 Å². The third-order valence-corrected chi connectivity index (χ3v) is 5.77. The molecule has 0 radical (unpaired) electrons. The maximum absolute atomic E-state index is 12.8. The fourth-order valence-electron chi connectivity index (χ4n) is 2.83. The van der Waals surface area contributed by atoms with Gasteiger partial charge in [-0.2, -0.15) is 0 Å². The summed E-state index contributed by atoms with van der Waals surface area (Å²) in [6, 6.07) is 8.91. The number of carboxylic acids is 1. The number of nitrogens with one attached hydrogen (secondary N) is 1. The summed E-state index contributed by atoms with van der Waals surface area (Å²) in [6.45, 7) is -0.177. The quantitative estimate of drug-likeness (QED) is 0.698. The number of anilines is 1. The van der Waals surface area contributed by atoms with Crippen LogP contribution >= 0.6 is 11.6 Å². The van der Waals surface area contributed by atoms with E-state index in [-0.39, 0.29) is 21.8 Å². The van der Waals surface area contributed by atoms with Gasteiger partial charge < -0.3 is 19.3 Å². The number of ether oxygens (including phenoxy) is 3. The van der Waals surface area contributed by atoms with Crippen LogP contribution < -0.4 is 14.2 Å². The molecule has 150 valence electrons. The second-order valence-corrected chi connectivity index (χ2v) is 8.06. The summed E-state index contributed by atoms with van der Waals surface area (Å²) >= 11 is 6.02. The number of carboxylic acid groups (broad SMARTS) is 1. The van der Waals surface area contributed by atoms with Gasteiger partial charge in [0.25, 0.3) is 10.0 Å². The van der Waals surface area contributed by atoms with Crippen LogP contribution in [-0.2, 0) is 19.6 Å². The zero-order chi connectivity index (χ0) is 20.3. The predicted molar refractivity (Wildman–Crippen MR) is 102 cm³/mol. The van der Waals surface area contributed by atoms with E-state index in [9.17, 15) is 13.2 Å². The molecule has 1 unspecified atom stereocenters. The smallest absolute Gasteiger partial charge is 0.341 e. The predicted octanol–water partition coefficient (Wildman–Crippen LogP) is 3.07. The van der Waals surface area contributed by atoms with Crippen molar-refractivity contribution < 1.29 is 32.5 Å². The van der Waals surface area contributed by atoms with Gasteiger partial charge >= 0.3 is 5.97 Å². The Bertz CT molecular complexity index is 993. The minimum atomic E-state index is -3.97. The molecular weight excluding hydrogens is 410 g/mol. The number of benzene rings is 2. The summed E-state index contributed by atoms with van der Waals surface area (Å²) in [5.41, 5.74) is 1.06. The zero-order valence-electron chi connectivity index (χ0n) is 14.8. The van der Waals surface area contributed by atoms with Gasteiger partial charge in [-0.25, -0.2) is 13.2 Å². The molecule has 0 aliphatic carbocycles. The summed E-state index contributed by atoms with van der Waals surface area (Å²) in [6.07, 6.45) is 0.501. The summed E-state index contributed by atoms with van der Waals surface area (Å²) < 4.78 is 44.1. The van der Waals surface area contributed by atoms with E-state index in [4.69, 9.17) is 30.9 Å². The zero-order valence-corrected chi connectivity index (χ0v) is 16.4. The van der Waals surface area contributed by atoms with Crippen LogP contribution in [0.4, 0.5) is 5.69 Å². The van der Waals surface area contributed by atoms with Crippen molar-refractivity contribution in [1.82, 2.24) is 0 Å². The lowest BCUT2D eigenvalue weighted by Gasteiger charge is -2.26. The first-order valence-corrected chi connectivity index (χ1v) is 10.1.